The molecule has 61 heavy (non-hydrogen) atoms. The number of carbonyl (C=O) groups excluding carboxylic acids is 4. The van der Waals surface area contributed by atoms with Crippen LogP contribution in [0.5, 0.6) is 0 Å². The van der Waals surface area contributed by atoms with Gasteiger partial charge in [-0.3, -0.25) is 29.0 Å². The van der Waals surface area contributed by atoms with Crippen LogP contribution in [-0.4, -0.2) is 104 Å². The molecular weight excluding hydrogens is 805 g/mol. The van der Waals surface area contributed by atoms with Crippen LogP contribution in [0.2, 0.25) is 0 Å². The fourth-order valence-electron chi connectivity index (χ4n) is 8.64. The fraction of sp³-hybridized carbons (Fsp3) is 0.574. The number of hydrogen-bond acceptors (Lipinski definition) is 10. The Morgan fingerprint density at radius 3 is 1.54 bits per heavy atom. The maximum absolute atomic E-state index is 12.4. The topological polar surface area (TPSA) is 153 Å². The average molecular weight is 871 g/mol. The zero-order chi connectivity index (χ0) is 44.3. The SMILES string of the molecule is CN(C)C1(c2cccs2)CCC(NC(=O)CCC(=O)N(CCC#N)CCC#N)CC1.CN(Cc1ccccc1)C(=O)CCCC(=O)NC1CCC(c2cccs2)(N(C)C)CC1. The molecule has 14 heteroatoms. The summed E-state index contributed by atoms with van der Waals surface area (Å²) >= 11 is 3.61. The lowest BCUT2D eigenvalue weighted by atomic mass is 9.77. The van der Waals surface area contributed by atoms with E-state index in [1.54, 1.807) is 16.2 Å². The molecule has 5 rings (SSSR count). The second-order valence-corrected chi connectivity index (χ2v) is 18.7. The van der Waals surface area contributed by atoms with Gasteiger partial charge in [-0.1, -0.05) is 42.5 Å². The number of carbonyl (C=O) groups is 4. The summed E-state index contributed by atoms with van der Waals surface area (Å²) in [6, 6.07) is 23.0. The van der Waals surface area contributed by atoms with E-state index in [0.29, 0.717) is 38.9 Å². The lowest BCUT2D eigenvalue weighted by Crippen LogP contribution is -2.48. The highest BCUT2D eigenvalue weighted by Gasteiger charge is 2.41. The van der Waals surface area contributed by atoms with Gasteiger partial charge in [-0.15, -0.1) is 22.7 Å². The molecule has 0 radical (unpaired) electrons. The summed E-state index contributed by atoms with van der Waals surface area (Å²) in [5.41, 5.74) is 1.24. The number of nitrogens with zero attached hydrogens (tertiary/aromatic N) is 6. The third kappa shape index (κ3) is 14.5. The van der Waals surface area contributed by atoms with Crippen LogP contribution < -0.4 is 10.6 Å². The Hall–Kier alpha value is -4.60. The molecule has 2 heterocycles. The molecule has 2 N–H and O–H groups in total. The molecular formula is C47H66N8O4S2. The van der Waals surface area contributed by atoms with E-state index >= 15 is 0 Å². The zero-order valence-corrected chi connectivity index (χ0v) is 38.5. The molecule has 0 unspecified atom stereocenters. The zero-order valence-electron chi connectivity index (χ0n) is 36.9. The van der Waals surface area contributed by atoms with Crippen molar-refractivity contribution in [1.29, 1.82) is 10.5 Å². The van der Waals surface area contributed by atoms with Crippen molar-refractivity contribution in [2.24, 2.45) is 0 Å². The van der Waals surface area contributed by atoms with Gasteiger partial charge in [0.05, 0.1) is 36.1 Å². The van der Waals surface area contributed by atoms with Crippen molar-refractivity contribution in [3.05, 3.63) is 80.7 Å². The van der Waals surface area contributed by atoms with Crippen molar-refractivity contribution in [2.45, 2.75) is 126 Å². The van der Waals surface area contributed by atoms with E-state index in [0.717, 1.165) is 56.9 Å². The molecule has 0 aliphatic heterocycles. The molecule has 0 atom stereocenters. The smallest absolute Gasteiger partial charge is 0.223 e. The summed E-state index contributed by atoms with van der Waals surface area (Å²) in [7, 11) is 10.4. The van der Waals surface area contributed by atoms with Crippen molar-refractivity contribution >= 4 is 46.3 Å². The van der Waals surface area contributed by atoms with Gasteiger partial charge in [0.25, 0.3) is 0 Å². The Labute approximate surface area is 371 Å². The van der Waals surface area contributed by atoms with E-state index in [9.17, 15) is 19.2 Å². The number of nitrogens with one attached hydrogen (secondary N) is 2. The summed E-state index contributed by atoms with van der Waals surface area (Å²) in [6.07, 6.45) is 9.96. The van der Waals surface area contributed by atoms with Crippen LogP contribution in [0.4, 0.5) is 0 Å². The van der Waals surface area contributed by atoms with E-state index in [-0.39, 0.29) is 72.5 Å². The van der Waals surface area contributed by atoms with Crippen LogP contribution >= 0.6 is 22.7 Å². The molecule has 0 saturated heterocycles. The molecule has 12 nitrogen and oxygen atoms in total. The quantitative estimate of drug-likeness (QED) is 0.127. The largest absolute Gasteiger partial charge is 0.353 e. The fourth-order valence-corrected chi connectivity index (χ4v) is 10.8. The van der Waals surface area contributed by atoms with E-state index < -0.39 is 0 Å². The molecule has 0 spiro atoms. The van der Waals surface area contributed by atoms with Crippen LogP contribution in [0.25, 0.3) is 0 Å². The molecule has 0 bridgehead atoms. The molecule has 330 valence electrons. The summed E-state index contributed by atoms with van der Waals surface area (Å²) in [5, 5.41) is 28.0. The van der Waals surface area contributed by atoms with Gasteiger partial charge in [-0.2, -0.15) is 10.5 Å². The average Bonchev–Trinajstić information content (AvgIpc) is 4.01. The van der Waals surface area contributed by atoms with Crippen molar-refractivity contribution in [3.63, 3.8) is 0 Å². The van der Waals surface area contributed by atoms with Crippen molar-refractivity contribution in [2.75, 3.05) is 48.3 Å². The lowest BCUT2D eigenvalue weighted by molar-refractivity contribution is -0.133. The first-order chi connectivity index (χ1) is 29.3. The van der Waals surface area contributed by atoms with E-state index in [1.807, 2.05) is 60.9 Å². The molecule has 3 aromatic rings. The van der Waals surface area contributed by atoms with E-state index in [2.05, 4.69) is 83.6 Å². The van der Waals surface area contributed by atoms with Crippen LogP contribution in [0.15, 0.2) is 65.4 Å². The maximum Gasteiger partial charge on any atom is 0.223 e. The van der Waals surface area contributed by atoms with Gasteiger partial charge in [-0.05, 0) is 114 Å². The molecule has 2 fully saturated rings. The number of amides is 4. The van der Waals surface area contributed by atoms with E-state index in [1.165, 1.54) is 14.7 Å². The van der Waals surface area contributed by atoms with Crippen LogP contribution in [-0.2, 0) is 36.8 Å². The predicted molar refractivity (Wildman–Crippen MR) is 243 cm³/mol. The Balaban J connectivity index is 0.000000269. The lowest BCUT2D eigenvalue weighted by Gasteiger charge is -2.44. The van der Waals surface area contributed by atoms with E-state index in [4.69, 9.17) is 10.5 Å². The van der Waals surface area contributed by atoms with Crippen LogP contribution in [0, 0.1) is 22.7 Å². The third-order valence-corrected chi connectivity index (χ3v) is 14.5. The Bertz CT molecular complexity index is 1850. The van der Waals surface area contributed by atoms with Gasteiger partial charge >= 0.3 is 0 Å². The highest BCUT2D eigenvalue weighted by Crippen LogP contribution is 2.44. The second-order valence-electron chi connectivity index (χ2n) is 16.8. The molecule has 2 saturated carbocycles. The van der Waals surface area contributed by atoms with Crippen molar-refractivity contribution < 1.29 is 19.2 Å². The molecule has 2 aliphatic carbocycles. The Morgan fingerprint density at radius 2 is 1.11 bits per heavy atom. The normalized spacial score (nSPS) is 21.0. The number of thiophene rings is 2. The first kappa shape index (κ1) is 49.1. The summed E-state index contributed by atoms with van der Waals surface area (Å²) in [5.74, 6) is -0.135. The Morgan fingerprint density at radius 1 is 0.639 bits per heavy atom. The summed E-state index contributed by atoms with van der Waals surface area (Å²) < 4.78 is 0. The minimum atomic E-state index is -0.177. The Kier molecular flexibility index (Phi) is 19.9. The third-order valence-electron chi connectivity index (χ3n) is 12.4. The van der Waals surface area contributed by atoms with Gasteiger partial charge in [0.1, 0.15) is 0 Å². The van der Waals surface area contributed by atoms with Gasteiger partial charge in [0, 0.05) is 74.2 Å². The number of rotatable bonds is 19. The van der Waals surface area contributed by atoms with Crippen molar-refractivity contribution in [1.82, 2.24) is 30.2 Å². The molecule has 4 amide bonds. The molecule has 1 aromatic carbocycles. The second kappa shape index (κ2) is 24.7. The van der Waals surface area contributed by atoms with Crippen LogP contribution in [0.3, 0.4) is 0 Å². The van der Waals surface area contributed by atoms with Gasteiger partial charge < -0.3 is 20.4 Å². The van der Waals surface area contributed by atoms with Crippen LogP contribution in [0.1, 0.15) is 112 Å². The number of benzene rings is 1. The standard InChI is InChI=1S/C25H35N3O2S.C22H31N5O2S/c1-27(2)25(22-11-8-18-31-22)16-14-21(15-17-25)26-23(29)12-7-13-24(30)28(3)19-20-9-5-4-6-10-20;1-26(2)22(19-6-3-17-30-19)11-9-18(10-12-22)25-20(28)7-8-21(29)27(15-4-13-23)16-5-14-24/h4-6,8-11,18,21H,7,12-17,19H2,1-3H3,(H,26,29);3,6,17-18H,4-5,7-12,15-16H2,1-2H3,(H,25,28). The maximum atomic E-state index is 12.4. The summed E-state index contributed by atoms with van der Waals surface area (Å²) in [6.45, 7) is 1.21. The minimum Gasteiger partial charge on any atom is -0.353 e. The first-order valence-corrected chi connectivity index (χ1v) is 23.4. The monoisotopic (exact) mass is 870 g/mol. The number of hydrogen-bond donors (Lipinski definition) is 2. The summed E-state index contributed by atoms with van der Waals surface area (Å²) in [4.78, 5) is 60.2. The highest BCUT2D eigenvalue weighted by molar-refractivity contribution is 7.10. The predicted octanol–water partition coefficient (Wildman–Crippen LogP) is 7.39. The van der Waals surface area contributed by atoms with Gasteiger partial charge in [0.2, 0.25) is 23.6 Å². The van der Waals surface area contributed by atoms with Gasteiger partial charge in [-0.25, -0.2) is 0 Å². The first-order valence-electron chi connectivity index (χ1n) is 21.6. The van der Waals surface area contributed by atoms with Gasteiger partial charge in [0.15, 0.2) is 0 Å². The minimum absolute atomic E-state index is 0.0351. The van der Waals surface area contributed by atoms with Crippen molar-refractivity contribution in [3.8, 4) is 12.1 Å². The molecule has 2 aliphatic rings. The highest BCUT2D eigenvalue weighted by atomic mass is 32.1. The number of nitriles is 2. The molecule has 2 aromatic heterocycles.